The highest BCUT2D eigenvalue weighted by Gasteiger charge is 2.56. The molecule has 0 saturated heterocycles. The molecule has 0 aliphatic rings. The van der Waals surface area contributed by atoms with Crippen molar-refractivity contribution in [3.63, 3.8) is 0 Å². The molecule has 0 bridgehead atoms. The molecule has 4 N–H and O–H groups in total. The van der Waals surface area contributed by atoms with Gasteiger partial charge in [-0.15, -0.1) is 0 Å². The van der Waals surface area contributed by atoms with Crippen LogP contribution in [0.25, 0.3) is 0 Å². The monoisotopic (exact) mass is 364 g/mol. The maximum Gasteiger partial charge on any atom is 0.218 e. The summed E-state index contributed by atoms with van der Waals surface area (Å²) in [5.41, 5.74) is -4.10. The molecule has 9 heteroatoms. The van der Waals surface area contributed by atoms with Gasteiger partial charge in [0.05, 0.1) is 25.7 Å². The molecule has 2 amide bonds. The zero-order valence-corrected chi connectivity index (χ0v) is 14.3. The normalized spacial score (nSPS) is 15.5. The van der Waals surface area contributed by atoms with E-state index in [0.717, 1.165) is 13.8 Å². The van der Waals surface area contributed by atoms with Crippen LogP contribution in [0.5, 0.6) is 0 Å². The number of carbonyl (C=O) groups is 3. The molecule has 0 aliphatic carbocycles. The zero-order chi connectivity index (χ0) is 19.4. The predicted octanol–water partition coefficient (Wildman–Crippen LogP) is -0.211. The first-order chi connectivity index (χ1) is 12.3. The first-order valence-corrected chi connectivity index (χ1v) is 7.74. The lowest BCUT2D eigenvalue weighted by molar-refractivity contribution is -0.145. The van der Waals surface area contributed by atoms with Gasteiger partial charge in [0.1, 0.15) is 11.5 Å². The summed E-state index contributed by atoms with van der Waals surface area (Å²) < 4.78 is 10.5. The number of hydrogen-bond donors (Lipinski definition) is 4. The Bertz CT molecular complexity index is 705. The fourth-order valence-electron chi connectivity index (χ4n) is 2.85. The first-order valence-electron chi connectivity index (χ1n) is 7.74. The number of rotatable bonds is 8. The van der Waals surface area contributed by atoms with Gasteiger partial charge in [0.2, 0.25) is 17.6 Å². The Labute approximate surface area is 149 Å². The SMILES string of the molecule is CC(=O)NC(CO)(C(=O)C(CO)(NC(C)=O)c1ccco1)c1ccco1. The highest BCUT2D eigenvalue weighted by molar-refractivity contribution is 6.02. The second-order valence-corrected chi connectivity index (χ2v) is 5.77. The summed E-state index contributed by atoms with van der Waals surface area (Å²) in [7, 11) is 0. The molecule has 2 atom stereocenters. The van der Waals surface area contributed by atoms with Crippen LogP contribution in [0.2, 0.25) is 0 Å². The largest absolute Gasteiger partial charge is 0.466 e. The smallest absolute Gasteiger partial charge is 0.218 e. The van der Waals surface area contributed by atoms with Gasteiger partial charge >= 0.3 is 0 Å². The summed E-state index contributed by atoms with van der Waals surface area (Å²) in [4.78, 5) is 37.1. The maximum atomic E-state index is 13.5. The second-order valence-electron chi connectivity index (χ2n) is 5.77. The van der Waals surface area contributed by atoms with Crippen LogP contribution in [-0.4, -0.2) is 41.0 Å². The van der Waals surface area contributed by atoms with Crippen LogP contribution in [0.3, 0.4) is 0 Å². The molecule has 2 aromatic heterocycles. The number of Topliss-reactive ketones (excluding diaryl/α,β-unsaturated/α-hetero) is 1. The Balaban J connectivity index is 2.69. The Hall–Kier alpha value is -2.91. The van der Waals surface area contributed by atoms with Crippen LogP contribution in [0.1, 0.15) is 25.4 Å². The molecule has 0 radical (unpaired) electrons. The van der Waals surface area contributed by atoms with E-state index in [4.69, 9.17) is 8.83 Å². The Kier molecular flexibility index (Phi) is 5.63. The predicted molar refractivity (Wildman–Crippen MR) is 87.6 cm³/mol. The van der Waals surface area contributed by atoms with Gasteiger partial charge in [-0.25, -0.2) is 0 Å². The molecule has 2 unspecified atom stereocenters. The fourth-order valence-corrected chi connectivity index (χ4v) is 2.85. The van der Waals surface area contributed by atoms with Crippen molar-refractivity contribution in [1.82, 2.24) is 10.6 Å². The Morgan fingerprint density at radius 2 is 1.27 bits per heavy atom. The van der Waals surface area contributed by atoms with Crippen LogP contribution < -0.4 is 10.6 Å². The van der Waals surface area contributed by atoms with E-state index in [1.54, 1.807) is 0 Å². The van der Waals surface area contributed by atoms with Crippen molar-refractivity contribution in [2.24, 2.45) is 0 Å². The third kappa shape index (κ3) is 3.26. The number of hydrogen-bond acceptors (Lipinski definition) is 7. The average Bonchev–Trinajstić information content (AvgIpc) is 3.30. The minimum atomic E-state index is -2.05. The van der Waals surface area contributed by atoms with E-state index in [-0.39, 0.29) is 11.5 Å². The number of amides is 2. The molecular weight excluding hydrogens is 344 g/mol. The van der Waals surface area contributed by atoms with Gasteiger partial charge in [-0.2, -0.15) is 0 Å². The number of aliphatic hydroxyl groups excluding tert-OH is 2. The molecule has 9 nitrogen and oxygen atoms in total. The van der Waals surface area contributed by atoms with Gasteiger partial charge < -0.3 is 29.7 Å². The Morgan fingerprint density at radius 3 is 1.50 bits per heavy atom. The van der Waals surface area contributed by atoms with Crippen molar-refractivity contribution in [3.8, 4) is 0 Å². The molecule has 26 heavy (non-hydrogen) atoms. The van der Waals surface area contributed by atoms with E-state index in [2.05, 4.69) is 10.6 Å². The zero-order valence-electron chi connectivity index (χ0n) is 14.3. The molecule has 2 heterocycles. The summed E-state index contributed by atoms with van der Waals surface area (Å²) in [5.74, 6) is -2.30. The van der Waals surface area contributed by atoms with Gasteiger partial charge in [0, 0.05) is 13.8 Å². The number of ketones is 1. The quantitative estimate of drug-likeness (QED) is 0.508. The van der Waals surface area contributed by atoms with Crippen molar-refractivity contribution in [3.05, 3.63) is 48.3 Å². The molecule has 0 spiro atoms. The molecule has 0 fully saturated rings. The van der Waals surface area contributed by atoms with Gasteiger partial charge in [-0.3, -0.25) is 14.4 Å². The average molecular weight is 364 g/mol. The van der Waals surface area contributed by atoms with Crippen LogP contribution in [0.4, 0.5) is 0 Å². The summed E-state index contributed by atoms with van der Waals surface area (Å²) in [6.45, 7) is 0.570. The van der Waals surface area contributed by atoms with E-state index in [9.17, 15) is 24.6 Å². The van der Waals surface area contributed by atoms with E-state index < -0.39 is 41.9 Å². The summed E-state index contributed by atoms with van der Waals surface area (Å²) in [6, 6.07) is 5.73. The van der Waals surface area contributed by atoms with E-state index in [1.807, 2.05) is 0 Å². The number of nitrogens with one attached hydrogen (secondary N) is 2. The highest BCUT2D eigenvalue weighted by Crippen LogP contribution is 2.34. The van der Waals surface area contributed by atoms with Crippen LogP contribution in [-0.2, 0) is 25.5 Å². The molecule has 2 aromatic rings. The third-order valence-corrected chi connectivity index (χ3v) is 3.91. The summed E-state index contributed by atoms with van der Waals surface area (Å²) in [5, 5.41) is 24.8. The summed E-state index contributed by atoms with van der Waals surface area (Å²) in [6.07, 6.45) is 2.53. The van der Waals surface area contributed by atoms with Crippen molar-refractivity contribution in [2.45, 2.75) is 24.9 Å². The lowest BCUT2D eigenvalue weighted by atomic mass is 9.77. The molecule has 0 aliphatic heterocycles. The van der Waals surface area contributed by atoms with Crippen LogP contribution in [0, 0.1) is 0 Å². The fraction of sp³-hybridized carbons (Fsp3) is 0.353. The third-order valence-electron chi connectivity index (χ3n) is 3.91. The summed E-state index contributed by atoms with van der Waals surface area (Å²) >= 11 is 0. The minimum Gasteiger partial charge on any atom is -0.466 e. The van der Waals surface area contributed by atoms with Crippen LogP contribution in [0.15, 0.2) is 45.6 Å². The lowest BCUT2D eigenvalue weighted by Gasteiger charge is -2.38. The van der Waals surface area contributed by atoms with Gasteiger partial charge in [0.15, 0.2) is 11.1 Å². The molecular formula is C17H20N2O7. The lowest BCUT2D eigenvalue weighted by Crippen LogP contribution is -2.66. The number of furan rings is 2. The molecule has 140 valence electrons. The maximum absolute atomic E-state index is 13.5. The van der Waals surface area contributed by atoms with E-state index >= 15 is 0 Å². The highest BCUT2D eigenvalue weighted by atomic mass is 16.3. The number of aliphatic hydroxyl groups is 2. The van der Waals surface area contributed by atoms with Crippen molar-refractivity contribution in [1.29, 1.82) is 0 Å². The van der Waals surface area contributed by atoms with Crippen molar-refractivity contribution in [2.75, 3.05) is 13.2 Å². The van der Waals surface area contributed by atoms with Gasteiger partial charge in [-0.05, 0) is 24.3 Å². The standard InChI is InChI=1S/C17H20N2O7/c1-11(22)18-16(9-20,13-5-3-7-25-13)15(24)17(10-21,19-12(2)23)14-6-4-8-26-14/h3-8,20-21H,9-10H2,1-2H3,(H,18,22)(H,19,23). The minimum absolute atomic E-state index is 0.0602. The van der Waals surface area contributed by atoms with E-state index in [1.165, 1.54) is 36.8 Å². The molecule has 0 aromatic carbocycles. The first kappa shape index (κ1) is 19.4. The van der Waals surface area contributed by atoms with Gasteiger partial charge in [-0.1, -0.05) is 0 Å². The van der Waals surface area contributed by atoms with Crippen molar-refractivity contribution < 1.29 is 33.4 Å². The van der Waals surface area contributed by atoms with E-state index in [0.29, 0.717) is 0 Å². The Morgan fingerprint density at radius 1 is 0.885 bits per heavy atom. The molecule has 0 saturated carbocycles. The van der Waals surface area contributed by atoms with Crippen molar-refractivity contribution >= 4 is 17.6 Å². The number of carbonyl (C=O) groups excluding carboxylic acids is 3. The van der Waals surface area contributed by atoms with Crippen LogP contribution >= 0.6 is 0 Å². The van der Waals surface area contributed by atoms with Gasteiger partial charge in [0.25, 0.3) is 0 Å². The second kappa shape index (κ2) is 7.54. The topological polar surface area (TPSA) is 142 Å². The molecule has 2 rings (SSSR count).